The molecular formula is C20H24N2O3. The summed E-state index contributed by atoms with van der Waals surface area (Å²) in [6.07, 6.45) is 6.75. The van der Waals surface area contributed by atoms with Gasteiger partial charge in [-0.05, 0) is 48.7 Å². The predicted octanol–water partition coefficient (Wildman–Crippen LogP) is 3.08. The Morgan fingerprint density at radius 2 is 2.04 bits per heavy atom. The molecule has 0 saturated carbocycles. The second kappa shape index (κ2) is 8.53. The Labute approximate surface area is 148 Å². The summed E-state index contributed by atoms with van der Waals surface area (Å²) >= 11 is 0. The lowest BCUT2D eigenvalue weighted by atomic mass is 10.0. The van der Waals surface area contributed by atoms with Crippen molar-refractivity contribution in [2.24, 2.45) is 0 Å². The molecule has 1 aromatic carbocycles. The van der Waals surface area contributed by atoms with E-state index in [0.717, 1.165) is 38.2 Å². The van der Waals surface area contributed by atoms with Crippen molar-refractivity contribution in [1.29, 1.82) is 0 Å². The smallest absolute Gasteiger partial charge is 0.244 e. The number of amides is 1. The minimum absolute atomic E-state index is 0.0648. The van der Waals surface area contributed by atoms with Gasteiger partial charge < -0.3 is 14.5 Å². The SMILES string of the molecule is COc1ccc(CN2CCC(NC(=O)/C=C/c3ccco3)CC2)cc1. The van der Waals surface area contributed by atoms with Crippen LogP contribution in [-0.2, 0) is 11.3 Å². The number of benzene rings is 1. The second-order valence-corrected chi connectivity index (χ2v) is 6.26. The van der Waals surface area contributed by atoms with Gasteiger partial charge >= 0.3 is 0 Å². The highest BCUT2D eigenvalue weighted by molar-refractivity contribution is 5.91. The summed E-state index contributed by atoms with van der Waals surface area (Å²) < 4.78 is 10.4. The summed E-state index contributed by atoms with van der Waals surface area (Å²) in [5, 5.41) is 3.07. The number of piperidine rings is 1. The molecule has 1 aliphatic heterocycles. The summed E-state index contributed by atoms with van der Waals surface area (Å²) in [6, 6.07) is 12.1. The van der Waals surface area contributed by atoms with Crippen molar-refractivity contribution in [3.63, 3.8) is 0 Å². The van der Waals surface area contributed by atoms with Crippen molar-refractivity contribution in [2.75, 3.05) is 20.2 Å². The van der Waals surface area contributed by atoms with E-state index in [1.54, 1.807) is 25.5 Å². The lowest BCUT2D eigenvalue weighted by Gasteiger charge is -2.32. The number of rotatable bonds is 6. The van der Waals surface area contributed by atoms with Gasteiger partial charge in [0.2, 0.25) is 5.91 Å². The molecule has 132 valence electrons. The van der Waals surface area contributed by atoms with Crippen LogP contribution in [0.1, 0.15) is 24.2 Å². The molecule has 1 N–H and O–H groups in total. The molecule has 0 unspecified atom stereocenters. The fourth-order valence-electron chi connectivity index (χ4n) is 3.02. The Hall–Kier alpha value is -2.53. The van der Waals surface area contributed by atoms with Crippen LogP contribution < -0.4 is 10.1 Å². The zero-order valence-electron chi connectivity index (χ0n) is 14.5. The van der Waals surface area contributed by atoms with Crippen LogP contribution in [0.25, 0.3) is 6.08 Å². The molecule has 2 heterocycles. The van der Waals surface area contributed by atoms with Crippen LogP contribution in [0.5, 0.6) is 5.75 Å². The number of nitrogens with one attached hydrogen (secondary N) is 1. The summed E-state index contributed by atoms with van der Waals surface area (Å²) in [4.78, 5) is 14.4. The van der Waals surface area contributed by atoms with E-state index in [4.69, 9.17) is 9.15 Å². The molecule has 1 fully saturated rings. The van der Waals surface area contributed by atoms with Crippen LogP contribution in [0.15, 0.2) is 53.2 Å². The molecule has 1 aromatic heterocycles. The van der Waals surface area contributed by atoms with Crippen LogP contribution in [0, 0.1) is 0 Å². The van der Waals surface area contributed by atoms with Gasteiger partial charge in [-0.3, -0.25) is 9.69 Å². The summed E-state index contributed by atoms with van der Waals surface area (Å²) in [5.74, 6) is 1.50. The summed E-state index contributed by atoms with van der Waals surface area (Å²) in [5.41, 5.74) is 1.28. The third-order valence-corrected chi connectivity index (χ3v) is 4.44. The van der Waals surface area contributed by atoms with Crippen molar-refractivity contribution < 1.29 is 13.9 Å². The summed E-state index contributed by atoms with van der Waals surface area (Å²) in [7, 11) is 1.68. The zero-order valence-corrected chi connectivity index (χ0v) is 14.5. The third-order valence-electron chi connectivity index (χ3n) is 4.44. The molecule has 3 rings (SSSR count). The number of ether oxygens (including phenoxy) is 1. The quantitative estimate of drug-likeness (QED) is 0.821. The van der Waals surface area contributed by atoms with Crippen molar-refractivity contribution >= 4 is 12.0 Å². The molecular weight excluding hydrogens is 316 g/mol. The number of hydrogen-bond donors (Lipinski definition) is 1. The Kier molecular flexibility index (Phi) is 5.90. The first-order valence-corrected chi connectivity index (χ1v) is 8.60. The highest BCUT2D eigenvalue weighted by atomic mass is 16.5. The Balaban J connectivity index is 1.41. The summed E-state index contributed by atoms with van der Waals surface area (Å²) in [6.45, 7) is 2.90. The van der Waals surface area contributed by atoms with Gasteiger partial charge in [-0.1, -0.05) is 12.1 Å². The van der Waals surface area contributed by atoms with E-state index in [2.05, 4.69) is 22.3 Å². The van der Waals surface area contributed by atoms with Crippen molar-refractivity contribution in [3.05, 3.63) is 60.1 Å². The molecule has 1 saturated heterocycles. The van der Waals surface area contributed by atoms with Gasteiger partial charge in [0.05, 0.1) is 13.4 Å². The van der Waals surface area contributed by atoms with E-state index < -0.39 is 0 Å². The Morgan fingerprint density at radius 1 is 1.28 bits per heavy atom. The second-order valence-electron chi connectivity index (χ2n) is 6.26. The number of furan rings is 1. The third kappa shape index (κ3) is 5.22. The van der Waals surface area contributed by atoms with Gasteiger partial charge in [-0.25, -0.2) is 0 Å². The minimum Gasteiger partial charge on any atom is -0.497 e. The molecule has 5 heteroatoms. The maximum Gasteiger partial charge on any atom is 0.244 e. The molecule has 5 nitrogen and oxygen atoms in total. The van der Waals surface area contributed by atoms with Crippen LogP contribution in [-0.4, -0.2) is 37.0 Å². The van der Waals surface area contributed by atoms with Crippen LogP contribution in [0.2, 0.25) is 0 Å². The first-order chi connectivity index (χ1) is 12.2. The van der Waals surface area contributed by atoms with Gasteiger partial charge in [0, 0.05) is 31.8 Å². The number of carbonyl (C=O) groups excluding carboxylic acids is 1. The standard InChI is InChI=1S/C20H24N2O3/c1-24-18-6-4-16(5-7-18)15-22-12-10-17(11-13-22)21-20(23)9-8-19-3-2-14-25-19/h2-9,14,17H,10-13,15H2,1H3,(H,21,23)/b9-8+. The maximum absolute atomic E-state index is 12.0. The van der Waals surface area contributed by atoms with E-state index in [9.17, 15) is 4.79 Å². The lowest BCUT2D eigenvalue weighted by Crippen LogP contribution is -2.43. The van der Waals surface area contributed by atoms with E-state index >= 15 is 0 Å². The van der Waals surface area contributed by atoms with Gasteiger partial charge in [0.15, 0.2) is 0 Å². The first kappa shape index (κ1) is 17.3. The van der Waals surface area contributed by atoms with Gasteiger partial charge in [-0.2, -0.15) is 0 Å². The normalized spacial score (nSPS) is 16.2. The van der Waals surface area contributed by atoms with E-state index in [1.807, 2.05) is 18.2 Å². The molecule has 1 aliphatic rings. The van der Waals surface area contributed by atoms with Gasteiger partial charge in [0.25, 0.3) is 0 Å². The molecule has 25 heavy (non-hydrogen) atoms. The number of methoxy groups -OCH3 is 1. The highest BCUT2D eigenvalue weighted by Crippen LogP contribution is 2.16. The van der Waals surface area contributed by atoms with Crippen molar-refractivity contribution in [3.8, 4) is 5.75 Å². The Bertz CT molecular complexity index is 684. The molecule has 1 amide bonds. The maximum atomic E-state index is 12.0. The lowest BCUT2D eigenvalue weighted by molar-refractivity contribution is -0.117. The van der Waals surface area contributed by atoms with Crippen molar-refractivity contribution in [2.45, 2.75) is 25.4 Å². The van der Waals surface area contributed by atoms with E-state index in [-0.39, 0.29) is 11.9 Å². The molecule has 0 radical (unpaired) electrons. The molecule has 0 atom stereocenters. The molecule has 2 aromatic rings. The van der Waals surface area contributed by atoms with E-state index in [0.29, 0.717) is 5.76 Å². The fourth-order valence-corrected chi connectivity index (χ4v) is 3.02. The number of hydrogen-bond acceptors (Lipinski definition) is 4. The minimum atomic E-state index is -0.0648. The van der Waals surface area contributed by atoms with E-state index in [1.165, 1.54) is 11.6 Å². The Morgan fingerprint density at radius 3 is 2.68 bits per heavy atom. The van der Waals surface area contributed by atoms with Crippen molar-refractivity contribution in [1.82, 2.24) is 10.2 Å². The van der Waals surface area contributed by atoms with Crippen LogP contribution in [0.4, 0.5) is 0 Å². The highest BCUT2D eigenvalue weighted by Gasteiger charge is 2.20. The largest absolute Gasteiger partial charge is 0.497 e. The monoisotopic (exact) mass is 340 g/mol. The fraction of sp³-hybridized carbons (Fsp3) is 0.350. The topological polar surface area (TPSA) is 54.7 Å². The number of carbonyl (C=O) groups is 1. The first-order valence-electron chi connectivity index (χ1n) is 8.60. The molecule has 0 aliphatic carbocycles. The van der Waals surface area contributed by atoms with Gasteiger partial charge in [0.1, 0.15) is 11.5 Å². The molecule has 0 spiro atoms. The average molecular weight is 340 g/mol. The van der Waals surface area contributed by atoms with Gasteiger partial charge in [-0.15, -0.1) is 0 Å². The average Bonchev–Trinajstić information content (AvgIpc) is 3.16. The number of nitrogens with zero attached hydrogens (tertiary/aromatic N) is 1. The predicted molar refractivity (Wildman–Crippen MR) is 97.2 cm³/mol. The van der Waals surface area contributed by atoms with Crippen LogP contribution in [0.3, 0.4) is 0 Å². The zero-order chi connectivity index (χ0) is 17.5. The molecule has 0 bridgehead atoms. The van der Waals surface area contributed by atoms with Crippen LogP contribution >= 0.6 is 0 Å². The number of likely N-dealkylation sites (tertiary alicyclic amines) is 1.